The van der Waals surface area contributed by atoms with Crippen molar-refractivity contribution in [2.45, 2.75) is 11.3 Å². The van der Waals surface area contributed by atoms with Gasteiger partial charge in [-0.25, -0.2) is 13.1 Å². The highest BCUT2D eigenvalue weighted by molar-refractivity contribution is 7.89. The van der Waals surface area contributed by atoms with Gasteiger partial charge in [-0.05, 0) is 29.8 Å². The van der Waals surface area contributed by atoms with E-state index in [2.05, 4.69) is 10.0 Å². The normalized spacial score (nSPS) is 11.0. The molecule has 0 spiro atoms. The van der Waals surface area contributed by atoms with E-state index in [4.69, 9.17) is 4.74 Å². The fourth-order valence-corrected chi connectivity index (χ4v) is 3.11. The highest BCUT2D eigenvalue weighted by Gasteiger charge is 2.12. The number of benzene rings is 2. The Balaban J connectivity index is 1.74. The first-order valence-corrected chi connectivity index (χ1v) is 8.94. The highest BCUT2D eigenvalue weighted by atomic mass is 32.2. The van der Waals surface area contributed by atoms with E-state index in [1.807, 2.05) is 12.1 Å². The second-order valence-corrected chi connectivity index (χ2v) is 6.85. The maximum absolute atomic E-state index is 12.0. The molecule has 24 heavy (non-hydrogen) atoms. The third kappa shape index (κ3) is 5.36. The first kappa shape index (κ1) is 18.0. The molecule has 1 amide bonds. The van der Waals surface area contributed by atoms with Gasteiger partial charge >= 0.3 is 0 Å². The summed E-state index contributed by atoms with van der Waals surface area (Å²) < 4.78 is 31.5. The molecule has 0 atom stereocenters. The zero-order valence-corrected chi connectivity index (χ0v) is 14.2. The van der Waals surface area contributed by atoms with Crippen molar-refractivity contribution in [2.24, 2.45) is 0 Å². The first-order valence-electron chi connectivity index (χ1n) is 7.45. The molecule has 2 aromatic carbocycles. The molecule has 2 N–H and O–H groups in total. The van der Waals surface area contributed by atoms with Gasteiger partial charge in [0.1, 0.15) is 5.75 Å². The second kappa shape index (κ2) is 8.47. The van der Waals surface area contributed by atoms with Gasteiger partial charge in [0.15, 0.2) is 0 Å². The number of amides is 1. The largest absolute Gasteiger partial charge is 0.497 e. The summed E-state index contributed by atoms with van der Waals surface area (Å²) >= 11 is 0. The van der Waals surface area contributed by atoms with Crippen molar-refractivity contribution in [3.63, 3.8) is 0 Å². The molecular weight excluding hydrogens is 328 g/mol. The first-order chi connectivity index (χ1) is 11.5. The number of sulfonamides is 1. The van der Waals surface area contributed by atoms with Crippen molar-refractivity contribution in [3.05, 3.63) is 60.2 Å². The topological polar surface area (TPSA) is 84.5 Å². The Kier molecular flexibility index (Phi) is 6.34. The molecule has 2 rings (SSSR count). The summed E-state index contributed by atoms with van der Waals surface area (Å²) in [7, 11) is -1.96. The Bertz CT molecular complexity index is 759. The van der Waals surface area contributed by atoms with Crippen LogP contribution >= 0.6 is 0 Å². The van der Waals surface area contributed by atoms with E-state index in [0.717, 1.165) is 11.3 Å². The predicted octanol–water partition coefficient (Wildman–Crippen LogP) is 1.33. The van der Waals surface area contributed by atoms with Gasteiger partial charge in [-0.1, -0.05) is 30.3 Å². The lowest BCUT2D eigenvalue weighted by Crippen LogP contribution is -2.35. The summed E-state index contributed by atoms with van der Waals surface area (Å²) in [4.78, 5) is 12.0. The summed E-state index contributed by atoms with van der Waals surface area (Å²) in [5.74, 6) is 0.563. The molecule has 0 fully saturated rings. The average Bonchev–Trinajstić information content (AvgIpc) is 2.60. The van der Waals surface area contributed by atoms with Crippen LogP contribution in [0.5, 0.6) is 5.75 Å². The molecule has 0 aliphatic heterocycles. The Morgan fingerprint density at radius 1 is 1.00 bits per heavy atom. The number of rotatable bonds is 8. The third-order valence-corrected chi connectivity index (χ3v) is 4.79. The lowest BCUT2D eigenvalue weighted by molar-refractivity contribution is -0.120. The number of carbonyl (C=O) groups excluding carboxylic acids is 1. The molecule has 0 saturated heterocycles. The highest BCUT2D eigenvalue weighted by Crippen LogP contribution is 2.11. The second-order valence-electron chi connectivity index (χ2n) is 5.09. The van der Waals surface area contributed by atoms with Gasteiger partial charge in [0.25, 0.3) is 0 Å². The van der Waals surface area contributed by atoms with Gasteiger partial charge in [0.2, 0.25) is 15.9 Å². The summed E-state index contributed by atoms with van der Waals surface area (Å²) in [6.45, 7) is 0.354. The molecule has 0 saturated carbocycles. The van der Waals surface area contributed by atoms with Crippen LogP contribution in [-0.4, -0.2) is 34.5 Å². The minimum absolute atomic E-state index is 0.131. The molecule has 0 aliphatic rings. The molecule has 2 aromatic rings. The molecular formula is C17H20N2O4S. The standard InChI is InChI=1S/C17H20N2O4S/c1-23-15-9-7-14(8-10-15)13-17(20)18-11-12-19-24(21,22)16-5-3-2-4-6-16/h2-10,19H,11-13H2,1H3,(H,18,20). The van der Waals surface area contributed by atoms with Crippen LogP contribution in [-0.2, 0) is 21.2 Å². The van der Waals surface area contributed by atoms with Crippen molar-refractivity contribution in [1.29, 1.82) is 0 Å². The lowest BCUT2D eigenvalue weighted by Gasteiger charge is -2.08. The van der Waals surface area contributed by atoms with E-state index in [0.29, 0.717) is 0 Å². The molecule has 0 unspecified atom stereocenters. The molecule has 0 heterocycles. The molecule has 0 bridgehead atoms. The lowest BCUT2D eigenvalue weighted by atomic mass is 10.1. The van der Waals surface area contributed by atoms with Gasteiger partial charge in [0.05, 0.1) is 18.4 Å². The van der Waals surface area contributed by atoms with Crippen molar-refractivity contribution in [3.8, 4) is 5.75 Å². The Morgan fingerprint density at radius 3 is 2.29 bits per heavy atom. The van der Waals surface area contributed by atoms with Crippen LogP contribution < -0.4 is 14.8 Å². The fraction of sp³-hybridized carbons (Fsp3) is 0.235. The van der Waals surface area contributed by atoms with Gasteiger partial charge in [-0.3, -0.25) is 4.79 Å². The molecule has 0 aromatic heterocycles. The Labute approximate surface area is 141 Å². The monoisotopic (exact) mass is 348 g/mol. The van der Waals surface area contributed by atoms with Crippen molar-refractivity contribution in [1.82, 2.24) is 10.0 Å². The third-order valence-electron chi connectivity index (χ3n) is 3.32. The maximum atomic E-state index is 12.0. The van der Waals surface area contributed by atoms with Gasteiger partial charge in [-0.2, -0.15) is 0 Å². The van der Waals surface area contributed by atoms with Crippen LogP contribution in [0.2, 0.25) is 0 Å². The predicted molar refractivity (Wildman–Crippen MR) is 91.3 cm³/mol. The number of hydrogen-bond donors (Lipinski definition) is 2. The minimum atomic E-state index is -3.54. The molecule has 7 heteroatoms. The minimum Gasteiger partial charge on any atom is -0.497 e. The molecule has 128 valence electrons. The number of carbonyl (C=O) groups is 1. The Morgan fingerprint density at radius 2 is 1.67 bits per heavy atom. The van der Waals surface area contributed by atoms with Crippen LogP contribution in [0.1, 0.15) is 5.56 Å². The van der Waals surface area contributed by atoms with Crippen LogP contribution in [0, 0.1) is 0 Å². The van der Waals surface area contributed by atoms with Crippen molar-refractivity contribution < 1.29 is 17.9 Å². The van der Waals surface area contributed by atoms with Crippen LogP contribution in [0.3, 0.4) is 0 Å². The van der Waals surface area contributed by atoms with Crippen LogP contribution in [0.25, 0.3) is 0 Å². The molecule has 6 nitrogen and oxygen atoms in total. The van der Waals surface area contributed by atoms with Crippen molar-refractivity contribution in [2.75, 3.05) is 20.2 Å². The quantitative estimate of drug-likeness (QED) is 0.705. The summed E-state index contributed by atoms with van der Waals surface area (Å²) in [6.07, 6.45) is 0.232. The van der Waals surface area contributed by atoms with E-state index in [-0.39, 0.29) is 30.3 Å². The van der Waals surface area contributed by atoms with Crippen LogP contribution in [0.4, 0.5) is 0 Å². The van der Waals surface area contributed by atoms with Crippen molar-refractivity contribution >= 4 is 15.9 Å². The zero-order valence-electron chi connectivity index (χ0n) is 13.4. The Hall–Kier alpha value is -2.38. The van der Waals surface area contributed by atoms with Gasteiger partial charge in [0, 0.05) is 13.1 Å². The zero-order chi connectivity index (χ0) is 17.4. The summed E-state index contributed by atoms with van der Waals surface area (Å²) in [6, 6.07) is 15.3. The van der Waals surface area contributed by atoms with Gasteiger partial charge < -0.3 is 10.1 Å². The fourth-order valence-electron chi connectivity index (χ4n) is 2.06. The van der Waals surface area contributed by atoms with Gasteiger partial charge in [-0.15, -0.1) is 0 Å². The number of methoxy groups -OCH3 is 1. The smallest absolute Gasteiger partial charge is 0.240 e. The number of ether oxygens (including phenoxy) is 1. The van der Waals surface area contributed by atoms with E-state index in [1.54, 1.807) is 37.4 Å². The van der Waals surface area contributed by atoms with E-state index in [1.165, 1.54) is 12.1 Å². The number of nitrogens with one attached hydrogen (secondary N) is 2. The number of hydrogen-bond acceptors (Lipinski definition) is 4. The SMILES string of the molecule is COc1ccc(CC(=O)NCCNS(=O)(=O)c2ccccc2)cc1. The van der Waals surface area contributed by atoms with E-state index in [9.17, 15) is 13.2 Å². The van der Waals surface area contributed by atoms with E-state index >= 15 is 0 Å². The average molecular weight is 348 g/mol. The van der Waals surface area contributed by atoms with Crippen LogP contribution in [0.15, 0.2) is 59.5 Å². The summed E-state index contributed by atoms with van der Waals surface area (Å²) in [5, 5.41) is 2.69. The maximum Gasteiger partial charge on any atom is 0.240 e. The molecule has 0 radical (unpaired) electrons. The van der Waals surface area contributed by atoms with E-state index < -0.39 is 10.0 Å². The summed E-state index contributed by atoms with van der Waals surface area (Å²) in [5.41, 5.74) is 0.859. The molecule has 0 aliphatic carbocycles.